The molecule has 26 heavy (non-hydrogen) atoms. The SMILES string of the molecule is COC(=O)NN(C(=O)OC)[C@](C#N)(C(=O)OC(C)(C)C)c1ccccc1. The van der Waals surface area contributed by atoms with Crippen molar-refractivity contribution in [1.82, 2.24) is 10.4 Å². The maximum Gasteiger partial charge on any atom is 0.430 e. The molecule has 1 aromatic rings. The van der Waals surface area contributed by atoms with Crippen LogP contribution >= 0.6 is 0 Å². The lowest BCUT2D eigenvalue weighted by Crippen LogP contribution is -2.62. The van der Waals surface area contributed by atoms with Gasteiger partial charge in [-0.25, -0.2) is 19.8 Å². The van der Waals surface area contributed by atoms with E-state index in [9.17, 15) is 19.6 Å². The van der Waals surface area contributed by atoms with E-state index in [0.29, 0.717) is 5.01 Å². The van der Waals surface area contributed by atoms with Gasteiger partial charge in [-0.2, -0.15) is 10.3 Å². The summed E-state index contributed by atoms with van der Waals surface area (Å²) in [4.78, 5) is 36.9. The Balaban J connectivity index is 3.64. The molecule has 1 N–H and O–H groups in total. The number of carbonyl (C=O) groups is 3. The summed E-state index contributed by atoms with van der Waals surface area (Å²) in [5, 5.41) is 10.4. The molecule has 0 saturated heterocycles. The van der Waals surface area contributed by atoms with Gasteiger partial charge in [0.25, 0.3) is 5.54 Å². The molecule has 1 rings (SSSR count). The summed E-state index contributed by atoms with van der Waals surface area (Å²) >= 11 is 0. The highest BCUT2D eigenvalue weighted by atomic mass is 16.6. The van der Waals surface area contributed by atoms with Crippen LogP contribution in [0, 0.1) is 11.3 Å². The first kappa shape index (κ1) is 20.8. The van der Waals surface area contributed by atoms with Gasteiger partial charge in [-0.15, -0.1) is 0 Å². The van der Waals surface area contributed by atoms with Crippen molar-refractivity contribution in [3.05, 3.63) is 35.9 Å². The normalized spacial score (nSPS) is 12.8. The van der Waals surface area contributed by atoms with Gasteiger partial charge >= 0.3 is 18.2 Å². The molecule has 9 nitrogen and oxygen atoms in total. The zero-order valence-corrected chi connectivity index (χ0v) is 15.2. The molecular formula is C17H21N3O6. The maximum absolute atomic E-state index is 13.0. The minimum absolute atomic E-state index is 0.0959. The number of nitrogens with one attached hydrogen (secondary N) is 1. The monoisotopic (exact) mass is 363 g/mol. The zero-order chi connectivity index (χ0) is 20.0. The molecule has 0 aromatic heterocycles. The molecule has 0 aliphatic heterocycles. The summed E-state index contributed by atoms with van der Waals surface area (Å²) in [5.41, 5.74) is -1.15. The number of nitrogens with zero attached hydrogens (tertiary/aromatic N) is 2. The third kappa shape index (κ3) is 4.42. The van der Waals surface area contributed by atoms with Gasteiger partial charge in [-0.1, -0.05) is 30.3 Å². The van der Waals surface area contributed by atoms with E-state index in [2.05, 4.69) is 9.47 Å². The predicted octanol–water partition coefficient (Wildman–Crippen LogP) is 2.09. The molecule has 1 atom stereocenters. The molecule has 0 saturated carbocycles. The smallest absolute Gasteiger partial charge is 0.430 e. The summed E-state index contributed by atoms with van der Waals surface area (Å²) in [6, 6.07) is 9.47. The second-order valence-corrected chi connectivity index (χ2v) is 6.10. The van der Waals surface area contributed by atoms with E-state index in [0.717, 1.165) is 14.2 Å². The van der Waals surface area contributed by atoms with Crippen molar-refractivity contribution in [2.45, 2.75) is 31.9 Å². The quantitative estimate of drug-likeness (QED) is 0.496. The van der Waals surface area contributed by atoms with E-state index in [1.54, 1.807) is 45.0 Å². The molecule has 0 aliphatic carbocycles. The fraction of sp³-hybridized carbons (Fsp3) is 0.412. The van der Waals surface area contributed by atoms with Crippen LogP contribution in [0.4, 0.5) is 9.59 Å². The van der Waals surface area contributed by atoms with E-state index >= 15 is 0 Å². The Hall–Kier alpha value is -3.28. The van der Waals surface area contributed by atoms with Crippen LogP contribution in [0.15, 0.2) is 30.3 Å². The van der Waals surface area contributed by atoms with Crippen molar-refractivity contribution in [3.8, 4) is 6.07 Å². The molecule has 0 unspecified atom stereocenters. The second kappa shape index (κ2) is 8.20. The number of nitriles is 1. The number of esters is 1. The van der Waals surface area contributed by atoms with Crippen LogP contribution in [0.1, 0.15) is 26.3 Å². The Bertz CT molecular complexity index is 707. The summed E-state index contributed by atoms with van der Waals surface area (Å²) in [6.07, 6.45) is -2.24. The minimum Gasteiger partial charge on any atom is -0.457 e. The average Bonchev–Trinajstić information content (AvgIpc) is 2.60. The Morgan fingerprint density at radius 1 is 1.08 bits per heavy atom. The number of rotatable bonds is 3. The molecule has 0 radical (unpaired) electrons. The van der Waals surface area contributed by atoms with Crippen molar-refractivity contribution in [1.29, 1.82) is 5.26 Å². The number of hydrogen-bond acceptors (Lipinski definition) is 7. The fourth-order valence-corrected chi connectivity index (χ4v) is 2.02. The van der Waals surface area contributed by atoms with Crippen molar-refractivity contribution in [3.63, 3.8) is 0 Å². The van der Waals surface area contributed by atoms with E-state index in [4.69, 9.17) is 4.74 Å². The van der Waals surface area contributed by atoms with Gasteiger partial charge in [-0.3, -0.25) is 0 Å². The molecule has 0 heterocycles. The van der Waals surface area contributed by atoms with Crippen molar-refractivity contribution >= 4 is 18.2 Å². The molecular weight excluding hydrogens is 342 g/mol. The molecule has 9 heteroatoms. The topological polar surface area (TPSA) is 118 Å². The number of hydrogen-bond donors (Lipinski definition) is 1. The highest BCUT2D eigenvalue weighted by Gasteiger charge is 2.53. The summed E-state index contributed by atoms with van der Waals surface area (Å²) in [5.74, 6) is -1.07. The summed E-state index contributed by atoms with van der Waals surface area (Å²) in [7, 11) is 2.10. The molecule has 1 aromatic carbocycles. The third-order valence-corrected chi connectivity index (χ3v) is 3.13. The van der Waals surface area contributed by atoms with Gasteiger partial charge in [-0.05, 0) is 20.8 Å². The zero-order valence-electron chi connectivity index (χ0n) is 15.2. The van der Waals surface area contributed by atoms with Gasteiger partial charge < -0.3 is 14.2 Å². The summed E-state index contributed by atoms with van der Waals surface area (Å²) in [6.45, 7) is 4.82. The van der Waals surface area contributed by atoms with Crippen LogP contribution in [0.5, 0.6) is 0 Å². The van der Waals surface area contributed by atoms with Crippen LogP contribution in [-0.4, -0.2) is 43.0 Å². The van der Waals surface area contributed by atoms with Crippen LogP contribution < -0.4 is 5.43 Å². The third-order valence-electron chi connectivity index (χ3n) is 3.13. The van der Waals surface area contributed by atoms with Gasteiger partial charge in [0.05, 0.1) is 14.2 Å². The maximum atomic E-state index is 13.0. The van der Waals surface area contributed by atoms with Crippen molar-refractivity contribution < 1.29 is 28.6 Å². The number of hydrazine groups is 1. The lowest BCUT2D eigenvalue weighted by molar-refractivity contribution is -0.167. The average molecular weight is 363 g/mol. The van der Waals surface area contributed by atoms with Crippen LogP contribution in [0.25, 0.3) is 0 Å². The number of carbonyl (C=O) groups excluding carboxylic acids is 3. The molecule has 0 bridgehead atoms. The van der Waals surface area contributed by atoms with Crippen LogP contribution in [0.2, 0.25) is 0 Å². The second-order valence-electron chi connectivity index (χ2n) is 6.10. The van der Waals surface area contributed by atoms with E-state index < -0.39 is 29.3 Å². The van der Waals surface area contributed by atoms with E-state index in [1.165, 1.54) is 12.1 Å². The van der Waals surface area contributed by atoms with Gasteiger partial charge in [0, 0.05) is 5.56 Å². The van der Waals surface area contributed by atoms with Gasteiger partial charge in [0.2, 0.25) is 0 Å². The Morgan fingerprint density at radius 2 is 1.65 bits per heavy atom. The van der Waals surface area contributed by atoms with Crippen LogP contribution in [-0.2, 0) is 24.5 Å². The molecule has 0 aliphatic rings. The van der Waals surface area contributed by atoms with E-state index in [-0.39, 0.29) is 5.56 Å². The Kier molecular flexibility index (Phi) is 6.55. The standard InChI is InChI=1S/C17H21N3O6/c1-16(2,3)26-13(21)17(11-18,12-9-7-6-8-10-12)20(15(23)25-5)19-14(22)24-4/h6-10H,1-5H3,(H,19,22)/t17-/m0/s1. The molecule has 140 valence electrons. The van der Waals surface area contributed by atoms with E-state index in [1.807, 2.05) is 5.43 Å². The minimum atomic E-state index is -2.34. The number of amides is 2. The molecule has 2 amide bonds. The fourth-order valence-electron chi connectivity index (χ4n) is 2.02. The Labute approximate surface area is 151 Å². The Morgan fingerprint density at radius 3 is 2.08 bits per heavy atom. The number of benzene rings is 1. The van der Waals surface area contributed by atoms with Crippen molar-refractivity contribution in [2.24, 2.45) is 0 Å². The highest BCUT2D eigenvalue weighted by Crippen LogP contribution is 2.31. The first-order chi connectivity index (χ1) is 12.1. The summed E-state index contributed by atoms with van der Waals surface area (Å²) < 4.78 is 14.4. The molecule has 0 spiro atoms. The van der Waals surface area contributed by atoms with Gasteiger partial charge in [0.1, 0.15) is 11.7 Å². The molecule has 0 fully saturated rings. The number of ether oxygens (including phenoxy) is 3. The lowest BCUT2D eigenvalue weighted by Gasteiger charge is -2.36. The van der Waals surface area contributed by atoms with Crippen LogP contribution in [0.3, 0.4) is 0 Å². The first-order valence-corrected chi connectivity index (χ1v) is 7.55. The first-order valence-electron chi connectivity index (χ1n) is 7.55. The predicted molar refractivity (Wildman–Crippen MR) is 89.4 cm³/mol. The highest BCUT2D eigenvalue weighted by molar-refractivity contribution is 5.91. The van der Waals surface area contributed by atoms with Crippen molar-refractivity contribution in [2.75, 3.05) is 14.2 Å². The largest absolute Gasteiger partial charge is 0.457 e. The number of methoxy groups -OCH3 is 2. The van der Waals surface area contributed by atoms with Gasteiger partial charge in [0.15, 0.2) is 0 Å². The lowest BCUT2D eigenvalue weighted by atomic mass is 9.90.